The number of amides is 1. The Labute approximate surface area is 422 Å². The van der Waals surface area contributed by atoms with Gasteiger partial charge in [-0.1, -0.05) is 161 Å². The van der Waals surface area contributed by atoms with Crippen molar-refractivity contribution in [1.82, 2.24) is 4.90 Å². The molecule has 1 heterocycles. The van der Waals surface area contributed by atoms with Gasteiger partial charge in [0.05, 0.1) is 18.2 Å². The average Bonchev–Trinajstić information content (AvgIpc) is 3.39. The van der Waals surface area contributed by atoms with Crippen molar-refractivity contribution in [2.75, 3.05) is 26.4 Å². The number of aliphatic hydroxyl groups is 2. The summed E-state index contributed by atoms with van der Waals surface area (Å²) in [6.07, 6.45) is 20.2. The van der Waals surface area contributed by atoms with Crippen LogP contribution in [0.3, 0.4) is 0 Å². The maximum absolute atomic E-state index is 15.5. The molecule has 1 saturated carbocycles. The van der Waals surface area contributed by atoms with E-state index in [2.05, 4.69) is 97.3 Å². The highest BCUT2D eigenvalue weighted by atomic mass is 16.7. The fourth-order valence-electron chi connectivity index (χ4n) is 11.9. The number of oxime groups is 1. The van der Waals surface area contributed by atoms with Gasteiger partial charge in [-0.3, -0.25) is 4.79 Å². The summed E-state index contributed by atoms with van der Waals surface area (Å²) in [5.41, 5.74) is 3.92. The van der Waals surface area contributed by atoms with Gasteiger partial charge in [0.1, 0.15) is 29.9 Å². The van der Waals surface area contributed by atoms with Gasteiger partial charge in [-0.05, 0) is 114 Å². The third-order valence-corrected chi connectivity index (χ3v) is 15.3. The maximum Gasteiger partial charge on any atom is 0.239 e. The summed E-state index contributed by atoms with van der Waals surface area (Å²) >= 11 is 0. The summed E-state index contributed by atoms with van der Waals surface area (Å²) in [5, 5.41) is 29.6. The minimum absolute atomic E-state index is 0.0675. The molecule has 0 aromatic heterocycles. The van der Waals surface area contributed by atoms with Gasteiger partial charge in [0.2, 0.25) is 11.7 Å². The molecule has 9 heteroatoms. The highest BCUT2D eigenvalue weighted by Gasteiger charge is 2.65. The van der Waals surface area contributed by atoms with Crippen LogP contribution in [0.4, 0.5) is 0 Å². The number of hydrogen-bond acceptors (Lipinski definition) is 8. The Morgan fingerprint density at radius 3 is 2.23 bits per heavy atom. The second kappa shape index (κ2) is 25.8. The molecule has 378 valence electrons. The van der Waals surface area contributed by atoms with Crippen LogP contribution in [0.15, 0.2) is 133 Å². The predicted octanol–water partition coefficient (Wildman–Crippen LogP) is 14.4. The minimum atomic E-state index is -1.35. The fourth-order valence-corrected chi connectivity index (χ4v) is 11.9. The molecule has 8 rings (SSSR count). The van der Waals surface area contributed by atoms with E-state index in [4.69, 9.17) is 24.2 Å². The number of rotatable bonds is 28. The molecule has 1 fully saturated rings. The molecule has 5 aromatic rings. The van der Waals surface area contributed by atoms with E-state index in [0.29, 0.717) is 50.3 Å². The van der Waals surface area contributed by atoms with Gasteiger partial charge < -0.3 is 34.2 Å². The van der Waals surface area contributed by atoms with E-state index < -0.39 is 17.7 Å². The third kappa shape index (κ3) is 12.2. The van der Waals surface area contributed by atoms with Gasteiger partial charge in [-0.25, -0.2) is 0 Å². The van der Waals surface area contributed by atoms with Gasteiger partial charge in [-0.2, -0.15) is 0 Å². The van der Waals surface area contributed by atoms with Crippen LogP contribution in [-0.4, -0.2) is 65.0 Å². The van der Waals surface area contributed by atoms with Gasteiger partial charge in [-0.15, -0.1) is 6.58 Å². The minimum Gasteiger partial charge on any atom is -0.459 e. The lowest BCUT2D eigenvalue weighted by Crippen LogP contribution is -2.70. The Bertz CT molecular complexity index is 2580. The zero-order chi connectivity index (χ0) is 49.4. The molecular formula is C62H78N2O7. The summed E-state index contributed by atoms with van der Waals surface area (Å²) in [4.78, 5) is 23.6. The summed E-state index contributed by atoms with van der Waals surface area (Å²) in [7, 11) is 0. The molecule has 3 aliphatic rings. The van der Waals surface area contributed by atoms with Crippen LogP contribution in [0.25, 0.3) is 21.5 Å². The number of benzene rings is 5. The van der Waals surface area contributed by atoms with Crippen molar-refractivity contribution in [3.05, 3.63) is 139 Å². The zero-order valence-electron chi connectivity index (χ0n) is 42.4. The predicted molar refractivity (Wildman–Crippen MR) is 287 cm³/mol. The SMILES string of the molecule is C=CCO[C@@]12Oc3ccc(Oc4ccc5ccccc5c4)cc3[C@H]3[C@H](CCCCO)[C@@H](CCCCO)C=C(C(=NOCC)C[C@@H]1N(Cc1cccc4ccccc14)C(=O)CCCCCCCCCCC)[C@H]32. The first kappa shape index (κ1) is 51.9. The number of fused-ring (bicyclic) bond motifs is 4. The van der Waals surface area contributed by atoms with Crippen LogP contribution in [0.1, 0.15) is 140 Å². The van der Waals surface area contributed by atoms with Crippen molar-refractivity contribution in [2.45, 2.75) is 147 Å². The largest absolute Gasteiger partial charge is 0.459 e. The first-order chi connectivity index (χ1) is 34.9. The highest BCUT2D eigenvalue weighted by Crippen LogP contribution is 2.62. The number of unbranched alkanes of at least 4 members (excludes halogenated alkanes) is 10. The molecule has 1 aliphatic heterocycles. The lowest BCUT2D eigenvalue weighted by molar-refractivity contribution is -0.258. The van der Waals surface area contributed by atoms with E-state index in [1.165, 1.54) is 38.5 Å². The Kier molecular flexibility index (Phi) is 18.8. The van der Waals surface area contributed by atoms with Crippen molar-refractivity contribution >= 4 is 33.2 Å². The molecule has 2 aliphatic carbocycles. The molecular weight excluding hydrogens is 885 g/mol. The normalized spacial score (nSPS) is 21.8. The molecule has 5 aromatic carbocycles. The van der Waals surface area contributed by atoms with Crippen molar-refractivity contribution in [3.8, 4) is 17.2 Å². The van der Waals surface area contributed by atoms with Crippen LogP contribution in [0, 0.1) is 17.8 Å². The van der Waals surface area contributed by atoms with E-state index >= 15 is 4.79 Å². The topological polar surface area (TPSA) is 110 Å². The molecule has 0 bridgehead atoms. The Balaban J connectivity index is 1.27. The van der Waals surface area contributed by atoms with E-state index in [1.54, 1.807) is 6.08 Å². The van der Waals surface area contributed by atoms with Crippen LogP contribution in [-0.2, 0) is 20.9 Å². The number of allylic oxidation sites excluding steroid dienone is 1. The number of hydrogen-bond donors (Lipinski definition) is 2. The first-order valence-corrected chi connectivity index (χ1v) is 27.1. The Morgan fingerprint density at radius 2 is 1.46 bits per heavy atom. The summed E-state index contributed by atoms with van der Waals surface area (Å²) in [6, 6.07) is 34.8. The summed E-state index contributed by atoms with van der Waals surface area (Å²) < 4.78 is 21.7. The lowest BCUT2D eigenvalue weighted by Gasteiger charge is -2.60. The molecule has 2 N–H and O–H groups in total. The first-order valence-electron chi connectivity index (χ1n) is 27.1. The van der Waals surface area contributed by atoms with E-state index in [0.717, 1.165) is 94.7 Å². The molecule has 1 amide bonds. The summed E-state index contributed by atoms with van der Waals surface area (Å²) in [5.74, 6) is 0.502. The molecule has 71 heavy (non-hydrogen) atoms. The van der Waals surface area contributed by atoms with Gasteiger partial charge >= 0.3 is 0 Å². The quantitative estimate of drug-likeness (QED) is 0.0292. The van der Waals surface area contributed by atoms with Crippen molar-refractivity contribution < 1.29 is 34.1 Å². The van der Waals surface area contributed by atoms with E-state index in [9.17, 15) is 10.2 Å². The van der Waals surface area contributed by atoms with Crippen molar-refractivity contribution in [1.29, 1.82) is 0 Å². The van der Waals surface area contributed by atoms with Crippen LogP contribution in [0.2, 0.25) is 0 Å². The van der Waals surface area contributed by atoms with Gasteiger partial charge in [0.25, 0.3) is 0 Å². The van der Waals surface area contributed by atoms with Crippen LogP contribution >= 0.6 is 0 Å². The van der Waals surface area contributed by atoms with Gasteiger partial charge in [0, 0.05) is 44.1 Å². The van der Waals surface area contributed by atoms with Crippen LogP contribution in [0.5, 0.6) is 17.2 Å². The standard InChI is InChI=1S/C62H78N2O7/c1-4-7-8-9-10-11-12-13-14-32-59(67)64(44-49-29-23-28-46-25-17-18-30-52(46)49)58-43-56(63-69-6-3)54-41-48(27-19-21-37-65)53(31-20-22-38-66)60-55-42-51(70-50-34-33-45-24-15-16-26-47(45)40-50)35-36-57(55)71-62(58,61(54)60)68-39-5-2/h5,15-18,23-26,28-30,33-36,40-42,48,53,58,60-61,65-66H,2,4,6-14,19-22,27,31-32,37-39,43-44H2,1,3H3/t48-,53+,58-,60+,61+,62+/m0/s1. The van der Waals surface area contributed by atoms with Crippen molar-refractivity contribution in [2.24, 2.45) is 22.9 Å². The smallest absolute Gasteiger partial charge is 0.239 e. The number of carbonyl (C=O) groups excluding carboxylic acids is 1. The molecule has 0 spiro atoms. The Morgan fingerprint density at radius 1 is 0.775 bits per heavy atom. The van der Waals surface area contributed by atoms with Crippen LogP contribution < -0.4 is 9.47 Å². The van der Waals surface area contributed by atoms with E-state index in [-0.39, 0.29) is 43.5 Å². The number of aliphatic hydroxyl groups excluding tert-OH is 2. The fraction of sp³-hybridized carbons (Fsp3) is 0.484. The van der Waals surface area contributed by atoms with Gasteiger partial charge in [0.15, 0.2) is 0 Å². The number of ether oxygens (including phenoxy) is 3. The molecule has 9 nitrogen and oxygen atoms in total. The molecule has 0 radical (unpaired) electrons. The molecule has 0 unspecified atom stereocenters. The van der Waals surface area contributed by atoms with E-state index in [1.807, 2.05) is 37.3 Å². The molecule has 0 saturated heterocycles. The second-order valence-electron chi connectivity index (χ2n) is 20.0. The molecule has 6 atom stereocenters. The number of nitrogens with zero attached hydrogens (tertiary/aromatic N) is 2. The summed E-state index contributed by atoms with van der Waals surface area (Å²) in [6.45, 7) is 9.56. The third-order valence-electron chi connectivity index (χ3n) is 15.3. The Hall–Kier alpha value is -5.48. The second-order valence-corrected chi connectivity index (χ2v) is 20.0. The average molecular weight is 963 g/mol. The highest BCUT2D eigenvalue weighted by molar-refractivity contribution is 6.03. The van der Waals surface area contributed by atoms with Crippen molar-refractivity contribution in [3.63, 3.8) is 0 Å². The monoisotopic (exact) mass is 963 g/mol. The number of carbonyl (C=O) groups is 1. The zero-order valence-corrected chi connectivity index (χ0v) is 42.4. The maximum atomic E-state index is 15.5. The lowest BCUT2D eigenvalue weighted by atomic mass is 9.55.